The fourth-order valence-electron chi connectivity index (χ4n) is 3.25. The Hall–Kier alpha value is -3.17. The topological polar surface area (TPSA) is 94.6 Å². The van der Waals surface area contributed by atoms with Crippen LogP contribution >= 0.6 is 11.6 Å². The van der Waals surface area contributed by atoms with E-state index in [1.165, 1.54) is 18.3 Å². The molecule has 0 atom stereocenters. The lowest BCUT2D eigenvalue weighted by molar-refractivity contribution is -0.158. The van der Waals surface area contributed by atoms with Gasteiger partial charge < -0.3 is 9.47 Å². The maximum Gasteiger partial charge on any atom is 0.349 e. The van der Waals surface area contributed by atoms with Crippen molar-refractivity contribution in [1.82, 2.24) is 4.98 Å². The molecule has 0 unspecified atom stereocenters. The summed E-state index contributed by atoms with van der Waals surface area (Å²) in [6.45, 7) is 6.97. The highest BCUT2D eigenvalue weighted by atomic mass is 35.5. The van der Waals surface area contributed by atoms with E-state index < -0.39 is 27.4 Å². The minimum absolute atomic E-state index is 0.0814. The molecule has 0 bridgehead atoms. The summed E-state index contributed by atoms with van der Waals surface area (Å²) >= 11 is 6.08. The van der Waals surface area contributed by atoms with Crippen molar-refractivity contribution in [2.24, 2.45) is 0 Å². The van der Waals surface area contributed by atoms with Crippen molar-refractivity contribution in [2.45, 2.75) is 44.6 Å². The monoisotopic (exact) mass is 520 g/mol. The standard InChI is InChI=1S/C25H26ClFN2O5S/c1-5-16-11-20(15-28-14-16)35(31,32)29-23-21(12-18(26)13-22(23)27)17-7-9-19(10-8-17)34-25(3,4)24(30)33-6-2/h7-15,29H,5-6H2,1-4H3. The molecule has 0 saturated heterocycles. The first-order chi connectivity index (χ1) is 16.5. The summed E-state index contributed by atoms with van der Waals surface area (Å²) < 4.78 is 54.1. The van der Waals surface area contributed by atoms with E-state index in [9.17, 15) is 17.6 Å². The van der Waals surface area contributed by atoms with E-state index in [1.54, 1.807) is 51.2 Å². The van der Waals surface area contributed by atoms with Crippen LogP contribution in [0.3, 0.4) is 0 Å². The SMILES string of the molecule is CCOC(=O)C(C)(C)Oc1ccc(-c2cc(Cl)cc(F)c2NS(=O)(=O)c2cncc(CC)c2)cc1. The van der Waals surface area contributed by atoms with E-state index in [1.807, 2.05) is 6.92 Å². The first-order valence-electron chi connectivity index (χ1n) is 10.9. The number of hydrogen-bond donors (Lipinski definition) is 1. The number of nitrogens with one attached hydrogen (secondary N) is 1. The Morgan fingerprint density at radius 3 is 2.43 bits per heavy atom. The van der Waals surface area contributed by atoms with Gasteiger partial charge in [0.25, 0.3) is 10.0 Å². The number of aryl methyl sites for hydroxylation is 1. The molecular formula is C25H26ClFN2O5S. The Kier molecular flexibility index (Phi) is 8.02. The maximum atomic E-state index is 14.9. The average molecular weight is 521 g/mol. The molecule has 0 aliphatic carbocycles. The zero-order valence-corrected chi connectivity index (χ0v) is 21.3. The van der Waals surface area contributed by atoms with E-state index >= 15 is 0 Å². The number of ether oxygens (including phenoxy) is 2. The van der Waals surface area contributed by atoms with Crippen molar-refractivity contribution in [2.75, 3.05) is 11.3 Å². The highest BCUT2D eigenvalue weighted by molar-refractivity contribution is 7.92. The number of benzene rings is 2. The molecule has 0 aliphatic heterocycles. The lowest BCUT2D eigenvalue weighted by Crippen LogP contribution is -2.39. The predicted octanol–water partition coefficient (Wildman–Crippen LogP) is 5.62. The normalized spacial score (nSPS) is 11.7. The van der Waals surface area contributed by atoms with E-state index in [0.717, 1.165) is 11.6 Å². The highest BCUT2D eigenvalue weighted by Gasteiger charge is 2.31. The third-order valence-electron chi connectivity index (χ3n) is 5.09. The molecule has 0 radical (unpaired) electrons. The van der Waals surface area contributed by atoms with Gasteiger partial charge >= 0.3 is 5.97 Å². The first kappa shape index (κ1) is 26.4. The molecule has 1 aromatic heterocycles. The van der Waals surface area contributed by atoms with E-state index in [2.05, 4.69) is 9.71 Å². The summed E-state index contributed by atoms with van der Waals surface area (Å²) in [7, 11) is -4.13. The zero-order chi connectivity index (χ0) is 25.8. The van der Waals surface area contributed by atoms with Crippen LogP contribution in [-0.2, 0) is 26.0 Å². The van der Waals surface area contributed by atoms with Crippen molar-refractivity contribution in [3.8, 4) is 16.9 Å². The third kappa shape index (κ3) is 6.29. The maximum absolute atomic E-state index is 14.9. The largest absolute Gasteiger partial charge is 0.476 e. The fourth-order valence-corrected chi connectivity index (χ4v) is 4.55. The Bertz CT molecular complexity index is 1330. The number of hydrogen-bond acceptors (Lipinski definition) is 6. The van der Waals surface area contributed by atoms with Crippen LogP contribution in [0.15, 0.2) is 59.8 Å². The quantitative estimate of drug-likeness (QED) is 0.368. The molecule has 0 aliphatic rings. The molecule has 35 heavy (non-hydrogen) atoms. The molecule has 0 fully saturated rings. The van der Waals surface area contributed by atoms with Gasteiger partial charge in [-0.1, -0.05) is 30.7 Å². The minimum Gasteiger partial charge on any atom is -0.476 e. The summed E-state index contributed by atoms with van der Waals surface area (Å²) in [5, 5.41) is 0.0962. The lowest BCUT2D eigenvalue weighted by Gasteiger charge is -2.24. The number of pyridine rings is 1. The fraction of sp³-hybridized carbons (Fsp3) is 0.280. The molecule has 186 valence electrons. The van der Waals surface area contributed by atoms with Crippen molar-refractivity contribution >= 4 is 33.3 Å². The van der Waals surface area contributed by atoms with E-state index in [0.29, 0.717) is 17.7 Å². The van der Waals surface area contributed by atoms with E-state index in [-0.39, 0.29) is 27.8 Å². The molecule has 1 N–H and O–H groups in total. The van der Waals surface area contributed by atoms with Crippen molar-refractivity contribution in [3.63, 3.8) is 0 Å². The Balaban J connectivity index is 1.95. The van der Waals surface area contributed by atoms with Gasteiger partial charge in [-0.15, -0.1) is 0 Å². The summed E-state index contributed by atoms with van der Waals surface area (Å²) in [4.78, 5) is 16.0. The summed E-state index contributed by atoms with van der Waals surface area (Å²) in [5.74, 6) is -0.974. The molecule has 3 aromatic rings. The average Bonchev–Trinajstić information content (AvgIpc) is 2.81. The number of aromatic nitrogens is 1. The number of anilines is 1. The molecule has 3 rings (SSSR count). The number of carbonyl (C=O) groups is 1. The van der Waals surface area contributed by atoms with Crippen molar-refractivity contribution in [1.29, 1.82) is 0 Å². The van der Waals surface area contributed by atoms with Crippen LogP contribution < -0.4 is 9.46 Å². The Labute approximate surface area is 209 Å². The molecular weight excluding hydrogens is 495 g/mol. The third-order valence-corrected chi connectivity index (χ3v) is 6.62. The molecule has 0 amide bonds. The van der Waals surface area contributed by atoms with E-state index in [4.69, 9.17) is 21.1 Å². The van der Waals surface area contributed by atoms with Crippen LogP contribution in [0.2, 0.25) is 5.02 Å². The number of sulfonamides is 1. The Morgan fingerprint density at radius 1 is 1.11 bits per heavy atom. The second-order valence-corrected chi connectivity index (χ2v) is 10.3. The van der Waals surface area contributed by atoms with Gasteiger partial charge in [-0.05, 0) is 68.7 Å². The van der Waals surface area contributed by atoms with Gasteiger partial charge in [0, 0.05) is 23.0 Å². The highest BCUT2D eigenvalue weighted by Crippen LogP contribution is 2.36. The van der Waals surface area contributed by atoms with Gasteiger partial charge in [-0.2, -0.15) is 0 Å². The first-order valence-corrected chi connectivity index (χ1v) is 12.8. The molecule has 7 nitrogen and oxygen atoms in total. The lowest BCUT2D eigenvalue weighted by atomic mass is 10.0. The van der Waals surface area contributed by atoms with Crippen molar-refractivity contribution < 1.29 is 27.1 Å². The second-order valence-electron chi connectivity index (χ2n) is 8.16. The number of esters is 1. The number of halogens is 2. The van der Waals surface area contributed by atoms with Crippen LogP contribution in [0, 0.1) is 5.82 Å². The zero-order valence-electron chi connectivity index (χ0n) is 19.8. The molecule has 1 heterocycles. The molecule has 0 saturated carbocycles. The Morgan fingerprint density at radius 2 is 1.80 bits per heavy atom. The number of nitrogens with zero attached hydrogens (tertiary/aromatic N) is 1. The molecule has 0 spiro atoms. The van der Waals surface area contributed by atoms with Gasteiger partial charge in [-0.25, -0.2) is 17.6 Å². The van der Waals surface area contributed by atoms with Crippen LogP contribution in [0.5, 0.6) is 5.75 Å². The minimum atomic E-state index is -4.13. The van der Waals surface area contributed by atoms with Crippen LogP contribution in [-0.4, -0.2) is 31.6 Å². The summed E-state index contributed by atoms with van der Waals surface area (Å²) in [5.41, 5.74) is -0.0373. The predicted molar refractivity (Wildman–Crippen MR) is 133 cm³/mol. The van der Waals surface area contributed by atoms with Crippen LogP contribution in [0.4, 0.5) is 10.1 Å². The van der Waals surface area contributed by atoms with Gasteiger partial charge in [0.15, 0.2) is 5.60 Å². The van der Waals surface area contributed by atoms with Gasteiger partial charge in [-0.3, -0.25) is 9.71 Å². The van der Waals surface area contributed by atoms with Gasteiger partial charge in [0.05, 0.1) is 12.3 Å². The van der Waals surface area contributed by atoms with Crippen LogP contribution in [0.25, 0.3) is 11.1 Å². The molecule has 2 aromatic carbocycles. The second kappa shape index (κ2) is 10.6. The van der Waals surface area contributed by atoms with Gasteiger partial charge in [0.2, 0.25) is 0 Å². The summed E-state index contributed by atoms with van der Waals surface area (Å²) in [6.07, 6.45) is 3.37. The number of rotatable bonds is 9. The van der Waals surface area contributed by atoms with Crippen LogP contribution in [0.1, 0.15) is 33.3 Å². The summed E-state index contributed by atoms with van der Waals surface area (Å²) in [6, 6.07) is 10.4. The van der Waals surface area contributed by atoms with Crippen molar-refractivity contribution in [3.05, 3.63) is 71.3 Å². The number of carbonyl (C=O) groups excluding carboxylic acids is 1. The smallest absolute Gasteiger partial charge is 0.349 e. The van der Waals surface area contributed by atoms with Gasteiger partial charge in [0.1, 0.15) is 16.5 Å². The molecule has 10 heteroatoms.